The van der Waals surface area contributed by atoms with Gasteiger partial charge in [-0.25, -0.2) is 0 Å². The number of rotatable bonds is 2. The van der Waals surface area contributed by atoms with Crippen LogP contribution < -0.4 is 5.46 Å². The van der Waals surface area contributed by atoms with Crippen LogP contribution in [0.3, 0.4) is 0 Å². The molecule has 30 heavy (non-hydrogen) atoms. The zero-order valence-corrected chi connectivity index (χ0v) is 16.2. The fourth-order valence-electron chi connectivity index (χ4n) is 4.46. The van der Waals surface area contributed by atoms with E-state index >= 15 is 0 Å². The maximum Gasteiger partial charge on any atom is 0.488 e. The molecule has 0 aliphatic heterocycles. The van der Waals surface area contributed by atoms with E-state index in [2.05, 4.69) is 77.4 Å². The lowest BCUT2D eigenvalue weighted by Gasteiger charge is -2.10. The van der Waals surface area contributed by atoms with Crippen molar-refractivity contribution in [3.05, 3.63) is 97.1 Å². The summed E-state index contributed by atoms with van der Waals surface area (Å²) in [5.41, 5.74) is 3.74. The highest BCUT2D eigenvalue weighted by atomic mass is 16.4. The van der Waals surface area contributed by atoms with Gasteiger partial charge in [0, 0.05) is 16.5 Å². The number of fused-ring (bicyclic) bond motifs is 5. The highest BCUT2D eigenvalue weighted by Gasteiger charge is 2.16. The molecule has 5 aromatic carbocycles. The zero-order valence-electron chi connectivity index (χ0n) is 16.2. The van der Waals surface area contributed by atoms with Crippen molar-refractivity contribution in [2.24, 2.45) is 0 Å². The largest absolute Gasteiger partial charge is 0.488 e. The van der Waals surface area contributed by atoms with E-state index in [0.717, 1.165) is 16.7 Å². The Kier molecular flexibility index (Phi) is 3.72. The van der Waals surface area contributed by atoms with Crippen LogP contribution in [-0.4, -0.2) is 21.7 Å². The molecule has 0 aliphatic carbocycles. The van der Waals surface area contributed by atoms with Gasteiger partial charge in [0.15, 0.2) is 0 Å². The molecule has 0 saturated carbocycles. The first-order valence-electron chi connectivity index (χ1n) is 10.0. The lowest BCUT2D eigenvalue weighted by Crippen LogP contribution is -2.29. The third-order valence-electron chi connectivity index (χ3n) is 5.95. The summed E-state index contributed by atoms with van der Waals surface area (Å²) in [7, 11) is -1.47. The van der Waals surface area contributed by atoms with E-state index in [1.54, 1.807) is 12.1 Å². The second kappa shape index (κ2) is 6.46. The van der Waals surface area contributed by atoms with E-state index in [-0.39, 0.29) is 0 Å². The standard InChI is InChI=1S/C26H18BNO2/c29-27(30)21-9-11-22(12-10-21)28-25-15-19-7-3-1-5-17(19)13-23(25)24-14-18-6-2-4-8-20(18)16-26(24)28/h1-16,29-30H. The van der Waals surface area contributed by atoms with E-state index in [1.807, 2.05) is 12.1 Å². The minimum Gasteiger partial charge on any atom is -0.423 e. The molecule has 0 spiro atoms. The molecular formula is C26H18BNO2. The summed E-state index contributed by atoms with van der Waals surface area (Å²) in [5, 5.41) is 26.2. The SMILES string of the molecule is OB(O)c1ccc(-n2c3cc4ccccc4cc3c3cc4ccccc4cc32)cc1. The van der Waals surface area contributed by atoms with Crippen LogP contribution in [0.1, 0.15) is 0 Å². The summed E-state index contributed by atoms with van der Waals surface area (Å²) < 4.78 is 2.26. The molecule has 0 atom stereocenters. The first-order valence-corrected chi connectivity index (χ1v) is 10.0. The van der Waals surface area contributed by atoms with E-state index in [1.165, 1.54) is 32.3 Å². The number of hydrogen-bond donors (Lipinski definition) is 2. The first kappa shape index (κ1) is 17.3. The Morgan fingerprint density at radius 2 is 0.967 bits per heavy atom. The average Bonchev–Trinajstić information content (AvgIpc) is 3.08. The number of benzene rings is 5. The Balaban J connectivity index is 1.77. The molecule has 4 heteroatoms. The van der Waals surface area contributed by atoms with Gasteiger partial charge >= 0.3 is 7.12 Å². The molecule has 0 amide bonds. The summed E-state index contributed by atoms with van der Waals surface area (Å²) in [4.78, 5) is 0. The topological polar surface area (TPSA) is 45.4 Å². The highest BCUT2D eigenvalue weighted by Crippen LogP contribution is 2.36. The van der Waals surface area contributed by atoms with Crippen LogP contribution in [0.25, 0.3) is 49.0 Å². The summed E-state index contributed by atoms with van der Waals surface area (Å²) in [5.74, 6) is 0. The predicted octanol–water partition coefficient (Wildman–Crippen LogP) is 4.77. The Morgan fingerprint density at radius 3 is 1.40 bits per heavy atom. The second-order valence-electron chi connectivity index (χ2n) is 7.73. The normalized spacial score (nSPS) is 11.7. The van der Waals surface area contributed by atoms with Gasteiger partial charge < -0.3 is 14.6 Å². The maximum atomic E-state index is 9.47. The molecule has 6 rings (SSSR count). The molecule has 0 radical (unpaired) electrons. The fraction of sp³-hybridized carbons (Fsp3) is 0. The van der Waals surface area contributed by atoms with Gasteiger partial charge in [0.1, 0.15) is 0 Å². The van der Waals surface area contributed by atoms with Crippen LogP contribution >= 0.6 is 0 Å². The Labute approximate surface area is 173 Å². The lowest BCUT2D eigenvalue weighted by atomic mass is 9.80. The minimum atomic E-state index is -1.47. The highest BCUT2D eigenvalue weighted by molar-refractivity contribution is 6.58. The molecule has 0 fully saturated rings. The Morgan fingerprint density at radius 1 is 0.533 bits per heavy atom. The number of aromatic nitrogens is 1. The van der Waals surface area contributed by atoms with E-state index in [0.29, 0.717) is 5.46 Å². The summed E-state index contributed by atoms with van der Waals surface area (Å²) in [6, 6.07) is 33.3. The van der Waals surface area contributed by atoms with Crippen molar-refractivity contribution >= 4 is 55.9 Å². The molecule has 0 bridgehead atoms. The maximum absolute atomic E-state index is 9.47. The molecule has 1 heterocycles. The van der Waals surface area contributed by atoms with Crippen molar-refractivity contribution in [3.63, 3.8) is 0 Å². The van der Waals surface area contributed by atoms with E-state index in [4.69, 9.17) is 0 Å². The van der Waals surface area contributed by atoms with Crippen LogP contribution in [0.4, 0.5) is 0 Å². The molecule has 6 aromatic rings. The van der Waals surface area contributed by atoms with Crippen molar-refractivity contribution in [3.8, 4) is 5.69 Å². The van der Waals surface area contributed by atoms with Gasteiger partial charge in [-0.05, 0) is 63.4 Å². The smallest absolute Gasteiger partial charge is 0.423 e. The molecule has 0 unspecified atom stereocenters. The number of nitrogens with zero attached hydrogens (tertiary/aromatic N) is 1. The Hall–Kier alpha value is -3.60. The lowest BCUT2D eigenvalue weighted by molar-refractivity contribution is 0.426. The number of hydrogen-bond acceptors (Lipinski definition) is 2. The van der Waals surface area contributed by atoms with Crippen molar-refractivity contribution in [2.75, 3.05) is 0 Å². The average molecular weight is 387 g/mol. The van der Waals surface area contributed by atoms with Crippen LogP contribution in [0.2, 0.25) is 0 Å². The summed E-state index contributed by atoms with van der Waals surface area (Å²) >= 11 is 0. The van der Waals surface area contributed by atoms with Gasteiger partial charge in [-0.1, -0.05) is 60.7 Å². The molecular weight excluding hydrogens is 369 g/mol. The quantitative estimate of drug-likeness (QED) is 0.421. The third-order valence-corrected chi connectivity index (χ3v) is 5.95. The molecule has 142 valence electrons. The molecule has 3 nitrogen and oxygen atoms in total. The van der Waals surface area contributed by atoms with Crippen LogP contribution in [0.15, 0.2) is 97.1 Å². The monoisotopic (exact) mass is 387 g/mol. The molecule has 2 N–H and O–H groups in total. The predicted molar refractivity (Wildman–Crippen MR) is 126 cm³/mol. The first-order chi connectivity index (χ1) is 14.7. The third kappa shape index (κ3) is 2.55. The van der Waals surface area contributed by atoms with Gasteiger partial charge in [0.25, 0.3) is 0 Å². The van der Waals surface area contributed by atoms with Crippen molar-refractivity contribution < 1.29 is 10.0 Å². The molecule has 0 saturated heterocycles. The van der Waals surface area contributed by atoms with Gasteiger partial charge in [0.2, 0.25) is 0 Å². The van der Waals surface area contributed by atoms with Crippen molar-refractivity contribution in [1.82, 2.24) is 4.57 Å². The zero-order chi connectivity index (χ0) is 20.2. The van der Waals surface area contributed by atoms with Crippen LogP contribution in [0.5, 0.6) is 0 Å². The van der Waals surface area contributed by atoms with E-state index < -0.39 is 7.12 Å². The Bertz CT molecular complexity index is 1470. The van der Waals surface area contributed by atoms with Crippen LogP contribution in [-0.2, 0) is 0 Å². The second-order valence-corrected chi connectivity index (χ2v) is 7.73. The summed E-state index contributed by atoms with van der Waals surface area (Å²) in [6.07, 6.45) is 0. The van der Waals surface area contributed by atoms with Gasteiger partial charge in [-0.2, -0.15) is 0 Å². The van der Waals surface area contributed by atoms with Gasteiger partial charge in [-0.15, -0.1) is 0 Å². The molecule has 1 aromatic heterocycles. The van der Waals surface area contributed by atoms with Gasteiger partial charge in [-0.3, -0.25) is 0 Å². The fourth-order valence-corrected chi connectivity index (χ4v) is 4.46. The van der Waals surface area contributed by atoms with Crippen molar-refractivity contribution in [1.29, 1.82) is 0 Å². The van der Waals surface area contributed by atoms with E-state index in [9.17, 15) is 10.0 Å². The molecule has 0 aliphatic rings. The van der Waals surface area contributed by atoms with Gasteiger partial charge in [0.05, 0.1) is 11.0 Å². The minimum absolute atomic E-state index is 0.482. The summed E-state index contributed by atoms with van der Waals surface area (Å²) in [6.45, 7) is 0. The van der Waals surface area contributed by atoms with Crippen molar-refractivity contribution in [2.45, 2.75) is 0 Å². The van der Waals surface area contributed by atoms with Crippen LogP contribution in [0, 0.1) is 0 Å².